The van der Waals surface area contributed by atoms with Crippen molar-refractivity contribution in [2.24, 2.45) is 5.92 Å². The molecule has 0 heterocycles. The van der Waals surface area contributed by atoms with E-state index in [-0.39, 0.29) is 75.6 Å². The minimum atomic E-state index is -0.514. The monoisotopic (exact) mass is 846 g/mol. The summed E-state index contributed by atoms with van der Waals surface area (Å²) in [5, 5.41) is 0.881. The molecule has 0 amide bonds. The predicted molar refractivity (Wildman–Crippen MR) is 222 cm³/mol. The van der Waals surface area contributed by atoms with Gasteiger partial charge in [-0.3, -0.25) is 24.0 Å². The van der Waals surface area contributed by atoms with Crippen LogP contribution in [0.1, 0.15) is 207 Å². The van der Waals surface area contributed by atoms with E-state index in [9.17, 15) is 24.0 Å². The van der Waals surface area contributed by atoms with Gasteiger partial charge in [0, 0.05) is 37.4 Å². The molecule has 0 N–H and O–H groups in total. The zero-order valence-electron chi connectivity index (χ0n) is 35.3. The Bertz CT molecular complexity index is 912. The molecule has 0 aromatic rings. The Hall–Kier alpha value is -2.17. The van der Waals surface area contributed by atoms with E-state index < -0.39 is 17.9 Å². The second-order valence-corrected chi connectivity index (χ2v) is 15.8. The van der Waals surface area contributed by atoms with Crippen molar-refractivity contribution in [2.45, 2.75) is 220 Å². The Labute approximate surface area is 343 Å². The molecule has 0 aromatic heterocycles. The molecule has 11 heteroatoms. The summed E-state index contributed by atoms with van der Waals surface area (Å²) in [4.78, 5) is 62.1. The minimum Gasteiger partial charge on any atom is -0.465 e. The molecule has 0 saturated heterocycles. The molecule has 0 aromatic carbocycles. The largest absolute Gasteiger partial charge is 0.465 e. The Morgan fingerprint density at radius 3 is 1.05 bits per heavy atom. The SMILES string of the molecule is CCCCCCCCC(CC)OC(=O)CCCCC(=O)OCC(COC(=O)CCCCCBr)COC(=O)CCCCC(=O)OC(CC)CCCCCCCC. The van der Waals surface area contributed by atoms with Gasteiger partial charge in [-0.2, -0.15) is 0 Å². The maximum atomic E-state index is 12.5. The quantitative estimate of drug-likeness (QED) is 0.0255. The summed E-state index contributed by atoms with van der Waals surface area (Å²) in [6.07, 6.45) is 23.4. The molecule has 2 unspecified atom stereocenters. The van der Waals surface area contributed by atoms with Crippen LogP contribution in [0.3, 0.4) is 0 Å². The Morgan fingerprint density at radius 1 is 0.400 bits per heavy atom. The number of esters is 5. The smallest absolute Gasteiger partial charge is 0.306 e. The van der Waals surface area contributed by atoms with Crippen molar-refractivity contribution in [1.29, 1.82) is 0 Å². The summed E-state index contributed by atoms with van der Waals surface area (Å²) in [5.74, 6) is -2.17. The van der Waals surface area contributed by atoms with Crippen LogP contribution in [-0.2, 0) is 47.7 Å². The van der Waals surface area contributed by atoms with Crippen LogP contribution in [0.4, 0.5) is 0 Å². The van der Waals surface area contributed by atoms with Gasteiger partial charge in [-0.25, -0.2) is 0 Å². The van der Waals surface area contributed by atoms with Crippen LogP contribution >= 0.6 is 15.9 Å². The summed E-state index contributed by atoms with van der Waals surface area (Å²) in [7, 11) is 0. The molecule has 10 nitrogen and oxygen atoms in total. The molecule has 0 bridgehead atoms. The first-order valence-corrected chi connectivity index (χ1v) is 23.2. The molecule has 55 heavy (non-hydrogen) atoms. The molecule has 0 fully saturated rings. The van der Waals surface area contributed by atoms with Crippen LogP contribution in [0.15, 0.2) is 0 Å². The van der Waals surface area contributed by atoms with E-state index in [1.165, 1.54) is 51.4 Å². The van der Waals surface area contributed by atoms with Crippen LogP contribution in [0.5, 0.6) is 0 Å². The number of hydrogen-bond donors (Lipinski definition) is 0. The van der Waals surface area contributed by atoms with E-state index in [1.54, 1.807) is 0 Å². The highest BCUT2D eigenvalue weighted by molar-refractivity contribution is 9.09. The van der Waals surface area contributed by atoms with Crippen molar-refractivity contribution in [2.75, 3.05) is 25.2 Å². The number of hydrogen-bond acceptors (Lipinski definition) is 10. The highest BCUT2D eigenvalue weighted by Crippen LogP contribution is 2.16. The molecule has 0 aliphatic carbocycles. The van der Waals surface area contributed by atoms with Crippen molar-refractivity contribution in [3.05, 3.63) is 0 Å². The summed E-state index contributed by atoms with van der Waals surface area (Å²) in [5.41, 5.74) is 0. The number of ether oxygens (including phenoxy) is 5. The lowest BCUT2D eigenvalue weighted by atomic mass is 10.1. The van der Waals surface area contributed by atoms with Gasteiger partial charge in [0.25, 0.3) is 0 Å². The van der Waals surface area contributed by atoms with Gasteiger partial charge in [-0.1, -0.05) is 114 Å². The molecule has 2 atom stereocenters. The molecule has 0 rings (SSSR count). The van der Waals surface area contributed by atoms with E-state index in [1.807, 2.05) is 13.8 Å². The lowest BCUT2D eigenvalue weighted by Gasteiger charge is -2.18. The van der Waals surface area contributed by atoms with Crippen LogP contribution < -0.4 is 0 Å². The van der Waals surface area contributed by atoms with Gasteiger partial charge in [-0.15, -0.1) is 0 Å². The van der Waals surface area contributed by atoms with Crippen molar-refractivity contribution >= 4 is 45.8 Å². The van der Waals surface area contributed by atoms with Gasteiger partial charge in [-0.05, 0) is 77.0 Å². The Balaban J connectivity index is 4.57. The van der Waals surface area contributed by atoms with Crippen LogP contribution in [0, 0.1) is 5.92 Å². The fourth-order valence-electron chi connectivity index (χ4n) is 6.10. The number of halogens is 1. The van der Waals surface area contributed by atoms with Gasteiger partial charge in [0.2, 0.25) is 0 Å². The van der Waals surface area contributed by atoms with E-state index >= 15 is 0 Å². The second kappa shape index (κ2) is 38.7. The van der Waals surface area contributed by atoms with Crippen LogP contribution in [0.2, 0.25) is 0 Å². The first-order valence-electron chi connectivity index (χ1n) is 22.1. The second-order valence-electron chi connectivity index (χ2n) is 15.0. The molecule has 0 aliphatic heterocycles. The normalized spacial score (nSPS) is 12.7. The van der Waals surface area contributed by atoms with Gasteiger partial charge in [0.1, 0.15) is 32.0 Å². The first-order chi connectivity index (χ1) is 26.7. The molecule has 0 radical (unpaired) electrons. The average Bonchev–Trinajstić information content (AvgIpc) is 3.18. The van der Waals surface area contributed by atoms with Gasteiger partial charge in [0.15, 0.2) is 0 Å². The van der Waals surface area contributed by atoms with E-state index in [0.29, 0.717) is 32.1 Å². The third-order valence-electron chi connectivity index (χ3n) is 9.74. The minimum absolute atomic E-state index is 0.0375. The van der Waals surface area contributed by atoms with Crippen LogP contribution in [-0.4, -0.2) is 67.2 Å². The van der Waals surface area contributed by atoms with Crippen molar-refractivity contribution in [1.82, 2.24) is 0 Å². The fraction of sp³-hybridized carbons (Fsp3) is 0.886. The predicted octanol–water partition coefficient (Wildman–Crippen LogP) is 11.5. The number of rotatable bonds is 39. The van der Waals surface area contributed by atoms with Crippen LogP contribution in [0.25, 0.3) is 0 Å². The highest BCUT2D eigenvalue weighted by Gasteiger charge is 2.19. The zero-order chi connectivity index (χ0) is 40.8. The summed E-state index contributed by atoms with van der Waals surface area (Å²) >= 11 is 3.39. The third kappa shape index (κ3) is 34.8. The third-order valence-corrected chi connectivity index (χ3v) is 10.3. The molecule has 0 spiro atoms. The number of unbranched alkanes of at least 4 members (excludes halogenated alkanes) is 14. The molecule has 0 saturated carbocycles. The van der Waals surface area contributed by atoms with Crippen molar-refractivity contribution < 1.29 is 47.7 Å². The Morgan fingerprint density at radius 2 is 0.709 bits per heavy atom. The van der Waals surface area contributed by atoms with Gasteiger partial charge >= 0.3 is 29.8 Å². The number of carbonyl (C=O) groups excluding carboxylic acids is 5. The average molecular weight is 848 g/mol. The summed E-state index contributed by atoms with van der Waals surface area (Å²) in [6.45, 7) is 8.31. The zero-order valence-corrected chi connectivity index (χ0v) is 36.9. The standard InChI is InChI=1S/C44H79BrO10/c1-5-9-11-13-15-18-26-38(7-3)54-43(49)31-23-21-29-41(47)52-35-37(34-51-40(46)28-20-17-25-33-45)36-53-42(48)30-22-24-32-44(50)55-39(8-4)27-19-16-14-12-10-6-2/h37-39H,5-36H2,1-4H3. The van der Waals surface area contributed by atoms with E-state index in [4.69, 9.17) is 23.7 Å². The summed E-state index contributed by atoms with van der Waals surface area (Å²) < 4.78 is 27.7. The van der Waals surface area contributed by atoms with E-state index in [0.717, 1.165) is 76.0 Å². The maximum absolute atomic E-state index is 12.5. The fourth-order valence-corrected chi connectivity index (χ4v) is 6.49. The summed E-state index contributed by atoms with van der Waals surface area (Å²) in [6, 6.07) is 0. The molecular formula is C44H79BrO10. The molecule has 322 valence electrons. The first kappa shape index (κ1) is 52.8. The molecule has 0 aliphatic rings. The topological polar surface area (TPSA) is 132 Å². The lowest BCUT2D eigenvalue weighted by molar-refractivity contribution is -0.155. The molecular weight excluding hydrogens is 768 g/mol. The van der Waals surface area contributed by atoms with E-state index in [2.05, 4.69) is 29.8 Å². The Kier molecular flexibility index (Phi) is 37.2. The maximum Gasteiger partial charge on any atom is 0.306 e. The highest BCUT2D eigenvalue weighted by atomic mass is 79.9. The lowest BCUT2D eigenvalue weighted by Crippen LogP contribution is -2.26. The van der Waals surface area contributed by atoms with Gasteiger partial charge < -0.3 is 23.7 Å². The van der Waals surface area contributed by atoms with Crippen molar-refractivity contribution in [3.63, 3.8) is 0 Å². The number of alkyl halides is 1. The number of carbonyl (C=O) groups is 5. The van der Waals surface area contributed by atoms with Crippen molar-refractivity contribution in [3.8, 4) is 0 Å². The van der Waals surface area contributed by atoms with Gasteiger partial charge in [0.05, 0.1) is 5.92 Å².